The number of benzene rings is 2. The predicted molar refractivity (Wildman–Crippen MR) is 97.6 cm³/mol. The van der Waals surface area contributed by atoms with Crippen molar-refractivity contribution in [1.29, 1.82) is 0 Å². The standard InChI is InChI=1S/C17H15BrClNO5/c18-12-9-11(19)4-6-15(12)25-7-1-2-16(22)20-13-8-10(17(23)24)3-5-14(13)21/h3-6,8-9,21H,1-2,7H2,(H,20,22)(H,23,24). The molecule has 0 atom stereocenters. The lowest BCUT2D eigenvalue weighted by Gasteiger charge is -2.10. The Morgan fingerprint density at radius 3 is 2.64 bits per heavy atom. The molecule has 3 N–H and O–H groups in total. The SMILES string of the molecule is O=C(CCCOc1ccc(Cl)cc1Br)Nc1cc(C(=O)O)ccc1O. The van der Waals surface area contributed by atoms with E-state index in [0.717, 1.165) is 4.47 Å². The van der Waals surface area contributed by atoms with Crippen molar-refractivity contribution in [2.45, 2.75) is 12.8 Å². The van der Waals surface area contributed by atoms with E-state index in [1.807, 2.05) is 0 Å². The molecule has 132 valence electrons. The van der Waals surface area contributed by atoms with Gasteiger partial charge >= 0.3 is 5.97 Å². The van der Waals surface area contributed by atoms with Crippen molar-refractivity contribution in [3.63, 3.8) is 0 Å². The van der Waals surface area contributed by atoms with E-state index in [-0.39, 0.29) is 29.3 Å². The molecule has 0 aliphatic heterocycles. The number of anilines is 1. The summed E-state index contributed by atoms with van der Waals surface area (Å²) >= 11 is 9.18. The highest BCUT2D eigenvalue weighted by molar-refractivity contribution is 9.10. The predicted octanol–water partition coefficient (Wildman–Crippen LogP) is 4.30. The largest absolute Gasteiger partial charge is 0.506 e. The minimum absolute atomic E-state index is 0.0241. The van der Waals surface area contributed by atoms with Crippen molar-refractivity contribution in [3.8, 4) is 11.5 Å². The van der Waals surface area contributed by atoms with Gasteiger partial charge in [0.25, 0.3) is 0 Å². The zero-order valence-electron chi connectivity index (χ0n) is 13.0. The summed E-state index contributed by atoms with van der Waals surface area (Å²) in [5.74, 6) is -1.06. The fourth-order valence-corrected chi connectivity index (χ4v) is 2.79. The van der Waals surface area contributed by atoms with Crippen molar-refractivity contribution in [2.24, 2.45) is 0 Å². The van der Waals surface area contributed by atoms with E-state index < -0.39 is 5.97 Å². The van der Waals surface area contributed by atoms with E-state index >= 15 is 0 Å². The lowest BCUT2D eigenvalue weighted by atomic mass is 10.2. The smallest absolute Gasteiger partial charge is 0.335 e. The highest BCUT2D eigenvalue weighted by atomic mass is 79.9. The number of rotatable bonds is 7. The number of carboxylic acids is 1. The second-order valence-corrected chi connectivity index (χ2v) is 6.40. The van der Waals surface area contributed by atoms with E-state index in [0.29, 0.717) is 23.8 Å². The van der Waals surface area contributed by atoms with E-state index in [9.17, 15) is 14.7 Å². The first-order chi connectivity index (χ1) is 11.9. The Hall–Kier alpha value is -2.25. The van der Waals surface area contributed by atoms with Crippen molar-refractivity contribution < 1.29 is 24.5 Å². The summed E-state index contributed by atoms with van der Waals surface area (Å²) in [7, 11) is 0. The van der Waals surface area contributed by atoms with Gasteiger partial charge < -0.3 is 20.3 Å². The van der Waals surface area contributed by atoms with Crippen LogP contribution >= 0.6 is 27.5 Å². The number of aromatic carboxylic acids is 1. The van der Waals surface area contributed by atoms with Gasteiger partial charge in [0.2, 0.25) is 5.91 Å². The van der Waals surface area contributed by atoms with Crippen molar-refractivity contribution >= 4 is 45.1 Å². The summed E-state index contributed by atoms with van der Waals surface area (Å²) < 4.78 is 6.28. The summed E-state index contributed by atoms with van der Waals surface area (Å²) in [5, 5.41) is 21.7. The van der Waals surface area contributed by atoms with Crippen LogP contribution in [0.15, 0.2) is 40.9 Å². The number of carboxylic acid groups (broad SMARTS) is 1. The van der Waals surface area contributed by atoms with Gasteiger partial charge in [-0.3, -0.25) is 4.79 Å². The molecule has 0 saturated heterocycles. The lowest BCUT2D eigenvalue weighted by Crippen LogP contribution is -2.13. The van der Waals surface area contributed by atoms with Crippen LogP contribution in [0, 0.1) is 0 Å². The topological polar surface area (TPSA) is 95.9 Å². The highest BCUT2D eigenvalue weighted by Gasteiger charge is 2.11. The van der Waals surface area contributed by atoms with Crippen molar-refractivity contribution in [2.75, 3.05) is 11.9 Å². The maximum absolute atomic E-state index is 11.9. The summed E-state index contributed by atoms with van der Waals surface area (Å²) in [6.45, 7) is 0.314. The third-order valence-corrected chi connectivity index (χ3v) is 4.07. The minimum atomic E-state index is -1.14. The number of halogens is 2. The Balaban J connectivity index is 1.83. The number of hydrogen-bond acceptors (Lipinski definition) is 4. The molecule has 6 nitrogen and oxygen atoms in total. The zero-order valence-corrected chi connectivity index (χ0v) is 15.3. The second kappa shape index (κ2) is 8.73. The molecule has 0 aliphatic rings. The first-order valence-corrected chi connectivity index (χ1v) is 8.48. The monoisotopic (exact) mass is 427 g/mol. The van der Waals surface area contributed by atoms with E-state index in [2.05, 4.69) is 21.2 Å². The Morgan fingerprint density at radius 1 is 1.20 bits per heavy atom. The molecule has 0 radical (unpaired) electrons. The van der Waals surface area contributed by atoms with Crippen LogP contribution in [0.1, 0.15) is 23.2 Å². The van der Waals surface area contributed by atoms with Crippen LogP contribution in [0.5, 0.6) is 11.5 Å². The second-order valence-electron chi connectivity index (χ2n) is 5.11. The van der Waals surface area contributed by atoms with Crippen molar-refractivity contribution in [1.82, 2.24) is 0 Å². The molecule has 0 spiro atoms. The average Bonchev–Trinajstić information content (AvgIpc) is 2.55. The quantitative estimate of drug-likeness (QED) is 0.451. The fraction of sp³-hybridized carbons (Fsp3) is 0.176. The molecule has 25 heavy (non-hydrogen) atoms. The molecule has 0 heterocycles. The number of phenolic OH excluding ortho intramolecular Hbond substituents is 1. The molecule has 0 aliphatic carbocycles. The molecule has 2 rings (SSSR count). The van der Waals surface area contributed by atoms with Gasteiger partial charge in [0.1, 0.15) is 11.5 Å². The highest BCUT2D eigenvalue weighted by Crippen LogP contribution is 2.28. The van der Waals surface area contributed by atoms with Crippen LogP contribution in [-0.4, -0.2) is 28.7 Å². The molecule has 2 aromatic rings. The Labute approximate surface area is 157 Å². The van der Waals surface area contributed by atoms with Crippen LogP contribution in [-0.2, 0) is 4.79 Å². The molecule has 0 saturated carbocycles. The number of nitrogens with one attached hydrogen (secondary N) is 1. The number of phenols is 1. The lowest BCUT2D eigenvalue weighted by molar-refractivity contribution is -0.116. The third-order valence-electron chi connectivity index (χ3n) is 3.22. The van der Waals surface area contributed by atoms with Gasteiger partial charge in [-0.2, -0.15) is 0 Å². The maximum atomic E-state index is 11.9. The summed E-state index contributed by atoms with van der Waals surface area (Å²) in [6, 6.07) is 8.82. The third kappa shape index (κ3) is 5.65. The molecular formula is C17H15BrClNO5. The van der Waals surface area contributed by atoms with Crippen LogP contribution in [0.3, 0.4) is 0 Å². The van der Waals surface area contributed by atoms with Crippen LogP contribution in [0.25, 0.3) is 0 Å². The first-order valence-electron chi connectivity index (χ1n) is 7.31. The molecule has 0 fully saturated rings. The fourth-order valence-electron chi connectivity index (χ4n) is 1.99. The number of ether oxygens (including phenoxy) is 1. The van der Waals surface area contributed by atoms with E-state index in [1.165, 1.54) is 18.2 Å². The van der Waals surface area contributed by atoms with Gasteiger partial charge in [-0.05, 0) is 58.7 Å². The number of carbonyl (C=O) groups is 2. The van der Waals surface area contributed by atoms with Gasteiger partial charge in [-0.25, -0.2) is 4.79 Å². The zero-order chi connectivity index (χ0) is 18.4. The van der Waals surface area contributed by atoms with Crippen LogP contribution < -0.4 is 10.1 Å². The number of amides is 1. The Morgan fingerprint density at radius 2 is 1.96 bits per heavy atom. The van der Waals surface area contributed by atoms with Gasteiger partial charge in [0.05, 0.1) is 22.3 Å². The van der Waals surface area contributed by atoms with Gasteiger partial charge in [-0.15, -0.1) is 0 Å². The normalized spacial score (nSPS) is 10.3. The van der Waals surface area contributed by atoms with E-state index in [4.69, 9.17) is 21.4 Å². The van der Waals surface area contributed by atoms with Gasteiger partial charge in [0.15, 0.2) is 0 Å². The van der Waals surface area contributed by atoms with Gasteiger partial charge in [-0.1, -0.05) is 11.6 Å². The number of aromatic hydroxyl groups is 1. The molecule has 0 aromatic heterocycles. The number of carbonyl (C=O) groups excluding carboxylic acids is 1. The molecule has 1 amide bonds. The number of hydrogen-bond donors (Lipinski definition) is 3. The average molecular weight is 429 g/mol. The molecule has 2 aromatic carbocycles. The molecule has 0 bridgehead atoms. The summed E-state index contributed by atoms with van der Waals surface area (Å²) in [6.07, 6.45) is 0.599. The molecule has 8 heteroatoms. The Bertz CT molecular complexity index is 797. The molecular weight excluding hydrogens is 414 g/mol. The van der Waals surface area contributed by atoms with Crippen LogP contribution in [0.2, 0.25) is 5.02 Å². The Kier molecular flexibility index (Phi) is 6.66. The van der Waals surface area contributed by atoms with E-state index in [1.54, 1.807) is 18.2 Å². The summed E-state index contributed by atoms with van der Waals surface area (Å²) in [4.78, 5) is 22.8. The minimum Gasteiger partial charge on any atom is -0.506 e. The van der Waals surface area contributed by atoms with Crippen LogP contribution in [0.4, 0.5) is 5.69 Å². The van der Waals surface area contributed by atoms with Gasteiger partial charge in [0, 0.05) is 11.4 Å². The van der Waals surface area contributed by atoms with Crippen molar-refractivity contribution in [3.05, 3.63) is 51.5 Å². The molecule has 0 unspecified atom stereocenters. The first kappa shape index (κ1) is 19.1. The maximum Gasteiger partial charge on any atom is 0.335 e. The summed E-state index contributed by atoms with van der Waals surface area (Å²) in [5.41, 5.74) is 0.0373.